The molecule has 2 N–H and O–H groups in total. The summed E-state index contributed by atoms with van der Waals surface area (Å²) in [4.78, 5) is 6.88. The molecule has 4 heteroatoms. The zero-order valence-corrected chi connectivity index (χ0v) is 12.0. The molecule has 0 radical (unpaired) electrons. The number of rotatable bonds is 3. The monoisotopic (exact) mass is 258 g/mol. The first-order valence-electron chi connectivity index (χ1n) is 6.92. The molecule has 0 spiro atoms. The maximum atomic E-state index is 6.14. The number of hydrogen-bond donors (Lipinski definition) is 1. The lowest BCUT2D eigenvalue weighted by molar-refractivity contribution is 0.0440. The van der Waals surface area contributed by atoms with E-state index in [0.717, 1.165) is 17.6 Å². The van der Waals surface area contributed by atoms with E-state index in [4.69, 9.17) is 5.73 Å². The Morgan fingerprint density at radius 3 is 2.68 bits per heavy atom. The Balaban J connectivity index is 2.06. The van der Waals surface area contributed by atoms with Gasteiger partial charge < -0.3 is 15.2 Å². The van der Waals surface area contributed by atoms with Crippen LogP contribution in [0.2, 0.25) is 0 Å². The van der Waals surface area contributed by atoms with Crippen LogP contribution in [0.4, 0.5) is 5.95 Å². The van der Waals surface area contributed by atoms with Crippen molar-refractivity contribution in [2.24, 2.45) is 0 Å². The van der Waals surface area contributed by atoms with Crippen molar-refractivity contribution >= 4 is 17.0 Å². The molecule has 1 fully saturated rings. The smallest absolute Gasteiger partial charge is 0.201 e. The van der Waals surface area contributed by atoms with Gasteiger partial charge in [-0.2, -0.15) is 0 Å². The normalized spacial score (nSPS) is 17.9. The Labute approximate surface area is 114 Å². The maximum absolute atomic E-state index is 6.14. The Morgan fingerprint density at radius 1 is 1.37 bits per heavy atom. The number of imidazole rings is 1. The number of likely N-dealkylation sites (N-methyl/N-ethyl adjacent to an activating group) is 1. The van der Waals surface area contributed by atoms with Crippen LogP contribution in [0.25, 0.3) is 11.0 Å². The molecule has 19 heavy (non-hydrogen) atoms. The number of nitrogen functional groups attached to an aromatic ring is 1. The Bertz CT molecular complexity index is 608. The first-order valence-corrected chi connectivity index (χ1v) is 6.92. The summed E-state index contributed by atoms with van der Waals surface area (Å²) in [7, 11) is 4.33. The van der Waals surface area contributed by atoms with Crippen LogP contribution in [0.5, 0.6) is 0 Å². The average Bonchev–Trinajstić information content (AvgIpc) is 2.61. The van der Waals surface area contributed by atoms with Crippen LogP contribution in [0.3, 0.4) is 0 Å². The predicted octanol–water partition coefficient (Wildman–Crippen LogP) is 2.41. The molecule has 1 saturated carbocycles. The number of nitrogens with two attached hydrogens (primary N) is 1. The molecule has 0 amide bonds. The second-order valence-corrected chi connectivity index (χ2v) is 5.97. The summed E-state index contributed by atoms with van der Waals surface area (Å²) in [6.07, 6.45) is 3.79. The molecular weight excluding hydrogens is 236 g/mol. The standard InChI is InChI=1S/C15H22N4/c1-11-6-4-7-12-13(11)17-14(16)19(12)10-15(18(2)3)8-5-9-15/h4,6-7H,5,8-10H2,1-3H3,(H2,16,17). The maximum Gasteiger partial charge on any atom is 0.201 e. The van der Waals surface area contributed by atoms with Gasteiger partial charge in [0.05, 0.1) is 11.0 Å². The van der Waals surface area contributed by atoms with Crippen LogP contribution in [0, 0.1) is 6.92 Å². The van der Waals surface area contributed by atoms with Crippen LogP contribution in [0.15, 0.2) is 18.2 Å². The van der Waals surface area contributed by atoms with E-state index >= 15 is 0 Å². The van der Waals surface area contributed by atoms with E-state index in [9.17, 15) is 0 Å². The number of anilines is 1. The predicted molar refractivity (Wildman–Crippen MR) is 79.2 cm³/mol. The first kappa shape index (κ1) is 12.5. The minimum absolute atomic E-state index is 0.255. The average molecular weight is 258 g/mol. The third kappa shape index (κ3) is 1.82. The van der Waals surface area contributed by atoms with E-state index in [0.29, 0.717) is 5.95 Å². The van der Waals surface area contributed by atoms with E-state index in [1.54, 1.807) is 0 Å². The lowest BCUT2D eigenvalue weighted by Crippen LogP contribution is -2.53. The van der Waals surface area contributed by atoms with Crippen LogP contribution < -0.4 is 5.73 Å². The van der Waals surface area contributed by atoms with Crippen LogP contribution in [-0.2, 0) is 6.54 Å². The van der Waals surface area contributed by atoms with Crippen molar-refractivity contribution in [3.63, 3.8) is 0 Å². The van der Waals surface area contributed by atoms with E-state index in [1.807, 2.05) is 0 Å². The summed E-state index contributed by atoms with van der Waals surface area (Å²) in [6.45, 7) is 3.02. The molecule has 0 atom stereocenters. The fraction of sp³-hybridized carbons (Fsp3) is 0.533. The van der Waals surface area contributed by atoms with Crippen molar-refractivity contribution in [3.8, 4) is 0 Å². The van der Waals surface area contributed by atoms with Gasteiger partial charge in [0.25, 0.3) is 0 Å². The van der Waals surface area contributed by atoms with Crippen molar-refractivity contribution in [2.45, 2.75) is 38.3 Å². The van der Waals surface area contributed by atoms with Crippen LogP contribution in [0.1, 0.15) is 24.8 Å². The van der Waals surface area contributed by atoms with Gasteiger partial charge in [0, 0.05) is 12.1 Å². The highest BCUT2D eigenvalue weighted by atomic mass is 15.2. The fourth-order valence-corrected chi connectivity index (χ4v) is 3.10. The zero-order chi connectivity index (χ0) is 13.6. The van der Waals surface area contributed by atoms with Gasteiger partial charge in [-0.05, 0) is 51.9 Å². The molecule has 0 aliphatic heterocycles. The van der Waals surface area contributed by atoms with Crippen molar-refractivity contribution in [1.82, 2.24) is 14.5 Å². The number of benzene rings is 1. The minimum Gasteiger partial charge on any atom is -0.369 e. The van der Waals surface area contributed by atoms with Crippen LogP contribution in [-0.4, -0.2) is 34.1 Å². The third-order valence-corrected chi connectivity index (χ3v) is 4.70. The number of para-hydroxylation sites is 1. The fourth-order valence-electron chi connectivity index (χ4n) is 3.10. The molecule has 0 bridgehead atoms. The number of aryl methyl sites for hydroxylation is 1. The third-order valence-electron chi connectivity index (χ3n) is 4.70. The van der Waals surface area contributed by atoms with Gasteiger partial charge in [0.2, 0.25) is 5.95 Å². The minimum atomic E-state index is 0.255. The van der Waals surface area contributed by atoms with E-state index < -0.39 is 0 Å². The molecule has 1 aliphatic carbocycles. The molecule has 0 saturated heterocycles. The summed E-state index contributed by atoms with van der Waals surface area (Å²) in [5.41, 5.74) is 9.78. The summed E-state index contributed by atoms with van der Waals surface area (Å²) < 4.78 is 2.18. The lowest BCUT2D eigenvalue weighted by atomic mass is 9.75. The molecule has 1 heterocycles. The number of aromatic nitrogens is 2. The highest BCUT2D eigenvalue weighted by Gasteiger charge is 2.40. The molecule has 1 aromatic heterocycles. The van der Waals surface area contributed by atoms with Gasteiger partial charge in [0.1, 0.15) is 0 Å². The quantitative estimate of drug-likeness (QED) is 0.919. The Morgan fingerprint density at radius 2 is 2.11 bits per heavy atom. The summed E-state index contributed by atoms with van der Waals surface area (Å²) >= 11 is 0. The van der Waals surface area contributed by atoms with Crippen molar-refractivity contribution < 1.29 is 0 Å². The molecule has 1 aliphatic rings. The van der Waals surface area contributed by atoms with Crippen molar-refractivity contribution in [2.75, 3.05) is 19.8 Å². The molecule has 4 nitrogen and oxygen atoms in total. The van der Waals surface area contributed by atoms with E-state index in [1.165, 1.54) is 24.8 Å². The Kier molecular flexibility index (Phi) is 2.78. The second-order valence-electron chi connectivity index (χ2n) is 5.97. The number of nitrogens with zero attached hydrogens (tertiary/aromatic N) is 3. The highest BCUT2D eigenvalue weighted by molar-refractivity contribution is 5.81. The molecule has 3 rings (SSSR count). The molecule has 102 valence electrons. The zero-order valence-electron chi connectivity index (χ0n) is 12.0. The molecule has 2 aromatic rings. The van der Waals surface area contributed by atoms with Gasteiger partial charge in [-0.1, -0.05) is 12.1 Å². The van der Waals surface area contributed by atoms with E-state index in [-0.39, 0.29) is 5.54 Å². The number of fused-ring (bicyclic) bond motifs is 1. The molecule has 0 unspecified atom stereocenters. The molecule has 1 aromatic carbocycles. The van der Waals surface area contributed by atoms with Crippen molar-refractivity contribution in [1.29, 1.82) is 0 Å². The Hall–Kier alpha value is -1.55. The van der Waals surface area contributed by atoms with E-state index in [2.05, 4.69) is 53.7 Å². The highest BCUT2D eigenvalue weighted by Crippen LogP contribution is 2.39. The summed E-state index contributed by atoms with van der Waals surface area (Å²) in [6, 6.07) is 6.29. The van der Waals surface area contributed by atoms with Crippen LogP contribution >= 0.6 is 0 Å². The molecular formula is C15H22N4. The van der Waals surface area contributed by atoms with Gasteiger partial charge >= 0.3 is 0 Å². The largest absolute Gasteiger partial charge is 0.369 e. The summed E-state index contributed by atoms with van der Waals surface area (Å²) in [5, 5.41) is 0. The van der Waals surface area contributed by atoms with Gasteiger partial charge in [0.15, 0.2) is 0 Å². The van der Waals surface area contributed by atoms with Gasteiger partial charge in [-0.15, -0.1) is 0 Å². The lowest BCUT2D eigenvalue weighted by Gasteiger charge is -2.47. The first-order chi connectivity index (χ1) is 9.03. The van der Waals surface area contributed by atoms with Gasteiger partial charge in [-0.25, -0.2) is 4.98 Å². The summed E-state index contributed by atoms with van der Waals surface area (Å²) in [5.74, 6) is 0.637. The topological polar surface area (TPSA) is 47.1 Å². The SMILES string of the molecule is Cc1cccc2c1nc(N)n2CC1(N(C)C)CCC1. The van der Waals surface area contributed by atoms with Gasteiger partial charge in [-0.3, -0.25) is 0 Å². The second kappa shape index (κ2) is 4.23. The number of hydrogen-bond acceptors (Lipinski definition) is 3. The van der Waals surface area contributed by atoms with Crippen molar-refractivity contribution in [3.05, 3.63) is 23.8 Å².